The third-order valence-corrected chi connectivity index (χ3v) is 82.0. The van der Waals surface area contributed by atoms with Crippen LogP contribution in [0.25, 0.3) is 0 Å². The topological polar surface area (TPSA) is 0 Å². The molecule has 96 valence electrons. The average Bonchev–Trinajstić information content (AvgIpc) is 2.29. The molecule has 1 rings (SSSR count). The Bertz CT molecular complexity index is 79.3. The van der Waals surface area contributed by atoms with Crippen molar-refractivity contribution in [2.45, 2.75) is 62.0 Å². The zero-order valence-electron chi connectivity index (χ0n) is 9.52. The van der Waals surface area contributed by atoms with Crippen molar-refractivity contribution in [1.29, 1.82) is 0 Å². The van der Waals surface area contributed by atoms with Crippen LogP contribution in [-0.4, -0.2) is 71.5 Å². The quantitative estimate of drug-likeness (QED) is 0.366. The van der Waals surface area contributed by atoms with Crippen LogP contribution in [0.4, 0.5) is 0 Å². The molecule has 0 N–H and O–H groups in total. The van der Waals surface area contributed by atoms with Gasteiger partial charge in [0.15, 0.2) is 0 Å². The van der Waals surface area contributed by atoms with Crippen molar-refractivity contribution in [1.82, 2.24) is 0 Å². The monoisotopic (exact) mass is 620 g/mol. The maximum absolute atomic E-state index is 1.63. The van der Waals surface area contributed by atoms with E-state index in [4.69, 9.17) is 0 Å². The summed E-state index contributed by atoms with van der Waals surface area (Å²) in [6.45, 7) is 0. The molecule has 0 bridgehead atoms. The standard InChI is InChI=1S/C10H20Se6/c1-2-4-6-8-10-12-14-16-15-13-11-9-7-5-3-1/h1-10H2. The van der Waals surface area contributed by atoms with Gasteiger partial charge in [-0.3, -0.25) is 0 Å². The molecule has 16 heavy (non-hydrogen) atoms. The van der Waals surface area contributed by atoms with Gasteiger partial charge in [0.1, 0.15) is 0 Å². The van der Waals surface area contributed by atoms with Crippen molar-refractivity contribution in [3.05, 3.63) is 0 Å². The Hall–Kier alpha value is 3.12. The molecule has 1 saturated heterocycles. The normalized spacial score (nSPS) is 24.0. The number of hydrogen-bond donors (Lipinski definition) is 0. The van der Waals surface area contributed by atoms with Crippen LogP contribution < -0.4 is 0 Å². The summed E-state index contributed by atoms with van der Waals surface area (Å²) in [5.41, 5.74) is 0. The molecule has 1 heterocycles. The fraction of sp³-hybridized carbons (Fsp3) is 1.00. The van der Waals surface area contributed by atoms with Crippen LogP contribution in [0.5, 0.6) is 0 Å². The predicted molar refractivity (Wildman–Crippen MR) is 81.1 cm³/mol. The van der Waals surface area contributed by atoms with Crippen LogP contribution in [0, 0.1) is 0 Å². The Kier molecular flexibility index (Phi) is 15.6. The van der Waals surface area contributed by atoms with E-state index in [-0.39, 0.29) is 0 Å². The van der Waals surface area contributed by atoms with E-state index in [1.165, 1.54) is 48.3 Å². The summed E-state index contributed by atoms with van der Waals surface area (Å²) < 4.78 is 0. The molecule has 0 aliphatic carbocycles. The van der Waals surface area contributed by atoms with Gasteiger partial charge in [0.05, 0.1) is 0 Å². The molecule has 1 aliphatic heterocycles. The van der Waals surface area contributed by atoms with Gasteiger partial charge in [0.25, 0.3) is 0 Å². The molecule has 0 aromatic rings. The number of hydrogen-bond acceptors (Lipinski definition) is 0. The van der Waals surface area contributed by atoms with Crippen LogP contribution in [-0.2, 0) is 0 Å². The van der Waals surface area contributed by atoms with E-state index in [2.05, 4.69) is 0 Å². The van der Waals surface area contributed by atoms with E-state index in [1.807, 2.05) is 0 Å². The molecule has 1 fully saturated rings. The van der Waals surface area contributed by atoms with Gasteiger partial charge in [0, 0.05) is 0 Å². The van der Waals surface area contributed by atoms with E-state index in [0.29, 0.717) is 0 Å². The molecule has 0 atom stereocenters. The minimum atomic E-state index is 1.11. The first-order valence-electron chi connectivity index (χ1n) is 5.91. The van der Waals surface area contributed by atoms with Crippen molar-refractivity contribution in [3.8, 4) is 0 Å². The van der Waals surface area contributed by atoms with Gasteiger partial charge in [-0.25, -0.2) is 0 Å². The summed E-state index contributed by atoms with van der Waals surface area (Å²) in [6.07, 6.45) is 12.4. The maximum atomic E-state index is 1.63. The molecule has 0 nitrogen and oxygen atoms in total. The van der Waals surface area contributed by atoms with E-state index >= 15 is 0 Å². The molecule has 0 amide bonds. The van der Waals surface area contributed by atoms with Crippen molar-refractivity contribution >= 4 is 71.5 Å². The van der Waals surface area contributed by atoms with Gasteiger partial charge >= 0.3 is 133 Å². The third-order valence-electron chi connectivity index (χ3n) is 2.38. The molecular weight excluding hydrogens is 594 g/mol. The summed E-state index contributed by atoms with van der Waals surface area (Å²) in [5, 5.41) is 3.26. The van der Waals surface area contributed by atoms with E-state index in [9.17, 15) is 0 Å². The predicted octanol–water partition coefficient (Wildman–Crippen LogP) is 1.76. The number of rotatable bonds is 0. The van der Waals surface area contributed by atoms with Gasteiger partial charge < -0.3 is 0 Å². The van der Waals surface area contributed by atoms with Gasteiger partial charge in [-0.05, 0) is 0 Å². The van der Waals surface area contributed by atoms with Gasteiger partial charge in [-0.1, -0.05) is 0 Å². The van der Waals surface area contributed by atoms with Crippen molar-refractivity contribution < 1.29 is 0 Å². The molecule has 1 aliphatic rings. The van der Waals surface area contributed by atoms with Crippen LogP contribution >= 0.6 is 0 Å². The van der Waals surface area contributed by atoms with E-state index in [0.717, 1.165) is 48.9 Å². The summed E-state index contributed by atoms with van der Waals surface area (Å²) in [6, 6.07) is 0. The molecule has 0 spiro atoms. The molecule has 0 saturated carbocycles. The van der Waals surface area contributed by atoms with Crippen LogP contribution in [0.1, 0.15) is 51.4 Å². The van der Waals surface area contributed by atoms with Gasteiger partial charge in [-0.2, -0.15) is 0 Å². The Morgan fingerprint density at radius 1 is 0.375 bits per heavy atom. The van der Waals surface area contributed by atoms with E-state index in [1.54, 1.807) is 36.3 Å². The molecule has 0 aromatic heterocycles. The fourth-order valence-electron chi connectivity index (χ4n) is 1.51. The van der Waals surface area contributed by atoms with Crippen LogP contribution in [0.2, 0.25) is 10.6 Å². The average molecular weight is 614 g/mol. The second kappa shape index (κ2) is 14.5. The zero-order valence-corrected chi connectivity index (χ0v) is 19.8. The molecular formula is C10H20Se6. The fourth-order valence-corrected chi connectivity index (χ4v) is 129. The van der Waals surface area contributed by atoms with Crippen molar-refractivity contribution in [3.63, 3.8) is 0 Å². The zero-order chi connectivity index (χ0) is 11.3. The Morgan fingerprint density at radius 3 is 1.19 bits per heavy atom. The SMILES string of the molecule is C1CCCCC[Se][Se][Se][Se][Se][Se]CCCC1. The van der Waals surface area contributed by atoms with Gasteiger partial charge in [0.2, 0.25) is 0 Å². The summed E-state index contributed by atoms with van der Waals surface area (Å²) in [5.74, 6) is 0. The van der Waals surface area contributed by atoms with Crippen molar-refractivity contribution in [2.24, 2.45) is 0 Å². The molecule has 0 radical (unpaired) electrons. The Balaban J connectivity index is 2.00. The summed E-state index contributed by atoms with van der Waals surface area (Å²) >= 11 is 6.89. The van der Waals surface area contributed by atoms with Crippen LogP contribution in [0.3, 0.4) is 0 Å². The van der Waals surface area contributed by atoms with Crippen molar-refractivity contribution in [2.75, 3.05) is 0 Å². The second-order valence-corrected chi connectivity index (χ2v) is 49.5. The first-order chi connectivity index (χ1) is 8.00. The third kappa shape index (κ3) is 12.2. The van der Waals surface area contributed by atoms with E-state index < -0.39 is 0 Å². The molecule has 6 heteroatoms. The minimum absolute atomic E-state index is 1.11. The Morgan fingerprint density at radius 2 is 0.750 bits per heavy atom. The molecule has 0 unspecified atom stereocenters. The van der Waals surface area contributed by atoms with Gasteiger partial charge in [-0.15, -0.1) is 0 Å². The summed E-state index contributed by atoms with van der Waals surface area (Å²) in [4.78, 5) is 0. The first kappa shape index (κ1) is 17.2. The second-order valence-electron chi connectivity index (χ2n) is 3.74. The first-order valence-corrected chi connectivity index (χ1v) is 30.0. The van der Waals surface area contributed by atoms with Crippen LogP contribution in [0.15, 0.2) is 0 Å². The summed E-state index contributed by atoms with van der Waals surface area (Å²) in [7, 11) is 0. The molecule has 0 aromatic carbocycles. The Labute approximate surface area is 131 Å².